The summed E-state index contributed by atoms with van der Waals surface area (Å²) in [7, 11) is 1.71. The molecule has 8 atom stereocenters. The summed E-state index contributed by atoms with van der Waals surface area (Å²) in [6.07, 6.45) is 9.75. The lowest BCUT2D eigenvalue weighted by molar-refractivity contribution is -0.141. The van der Waals surface area contributed by atoms with Crippen molar-refractivity contribution < 1.29 is 58.5 Å². The molecule has 14 heteroatoms. The van der Waals surface area contributed by atoms with Crippen molar-refractivity contribution in [2.75, 3.05) is 53.1 Å². The summed E-state index contributed by atoms with van der Waals surface area (Å²) in [5.74, 6) is -2.35. The average Bonchev–Trinajstić information content (AvgIpc) is 3.97. The third-order valence-electron chi connectivity index (χ3n) is 14.7. The van der Waals surface area contributed by atoms with Gasteiger partial charge in [-0.1, -0.05) is 29.9 Å². The van der Waals surface area contributed by atoms with Crippen LogP contribution in [0.15, 0.2) is 52.2 Å². The Labute approximate surface area is 372 Å². The van der Waals surface area contributed by atoms with Gasteiger partial charge >= 0.3 is 5.97 Å². The predicted octanol–water partition coefficient (Wildman–Crippen LogP) is 3.16. The number of Topliss-reactive ketones (excluding diaryl/α,β-unsaturated/α-hetero) is 1. The van der Waals surface area contributed by atoms with Crippen molar-refractivity contribution in [3.63, 3.8) is 0 Å². The summed E-state index contributed by atoms with van der Waals surface area (Å²) in [5, 5.41) is 47.7. The molecule has 64 heavy (non-hydrogen) atoms. The molecule has 2 aromatic rings. The number of aldehydes is 1. The van der Waals surface area contributed by atoms with E-state index in [4.69, 9.17) is 23.7 Å². The zero-order chi connectivity index (χ0) is 44.7. The van der Waals surface area contributed by atoms with Gasteiger partial charge in [0.15, 0.2) is 6.29 Å². The van der Waals surface area contributed by atoms with Crippen LogP contribution in [0.3, 0.4) is 0 Å². The molecule has 4 N–H and O–H groups in total. The normalized spacial score (nSPS) is 30.8. The molecule has 0 radical (unpaired) electrons. The van der Waals surface area contributed by atoms with E-state index >= 15 is 0 Å². The zero-order valence-electron chi connectivity index (χ0n) is 36.8. The largest absolute Gasteiger partial charge is 0.489 e. The number of likely N-dealkylation sites (tertiary alicyclic amines) is 1. The molecular formula is C50H60N2O12. The second-order valence-electron chi connectivity index (χ2n) is 18.4. The zero-order valence-corrected chi connectivity index (χ0v) is 36.8. The lowest BCUT2D eigenvalue weighted by atomic mass is 9.66. The molecule has 8 unspecified atom stereocenters. The van der Waals surface area contributed by atoms with Gasteiger partial charge in [-0.05, 0) is 93.7 Å². The predicted molar refractivity (Wildman–Crippen MR) is 234 cm³/mol. The fraction of sp³-hybridized carbons (Fsp3) is 0.560. The third kappa shape index (κ3) is 8.04. The topological polar surface area (TPSA) is 194 Å². The number of esters is 1. The summed E-state index contributed by atoms with van der Waals surface area (Å²) in [5.41, 5.74) is 1.39. The van der Waals surface area contributed by atoms with Crippen LogP contribution in [0, 0.1) is 17.8 Å². The summed E-state index contributed by atoms with van der Waals surface area (Å²) in [6, 6.07) is 5.72. The van der Waals surface area contributed by atoms with Crippen molar-refractivity contribution in [2.24, 2.45) is 22.7 Å². The molecule has 14 nitrogen and oxygen atoms in total. The first kappa shape index (κ1) is 44.5. The molecule has 2 aromatic carbocycles. The van der Waals surface area contributed by atoms with Gasteiger partial charge in [-0.2, -0.15) is 0 Å². The van der Waals surface area contributed by atoms with Crippen molar-refractivity contribution in [3.8, 4) is 17.2 Å². The number of fused-ring (bicyclic) bond motifs is 4. The minimum Gasteiger partial charge on any atom is -0.489 e. The Bertz CT molecular complexity index is 2410. The van der Waals surface area contributed by atoms with E-state index in [9.17, 15) is 34.8 Å². The van der Waals surface area contributed by atoms with Crippen LogP contribution in [0.4, 0.5) is 0 Å². The van der Waals surface area contributed by atoms with Gasteiger partial charge in [-0.25, -0.2) is 4.79 Å². The van der Waals surface area contributed by atoms with Gasteiger partial charge in [-0.15, -0.1) is 0 Å². The van der Waals surface area contributed by atoms with Crippen LogP contribution in [-0.2, 0) is 36.9 Å². The number of aliphatic hydroxyl groups excluding tert-OH is 3. The van der Waals surface area contributed by atoms with E-state index in [2.05, 4.69) is 16.0 Å². The average molecular weight is 881 g/mol. The first-order valence-electron chi connectivity index (χ1n) is 23.1. The number of nitrogens with zero attached hydrogens (tertiary/aromatic N) is 2. The maximum absolute atomic E-state index is 14.2. The van der Waals surface area contributed by atoms with Gasteiger partial charge in [0.05, 0.1) is 54.5 Å². The van der Waals surface area contributed by atoms with Crippen LogP contribution in [0.5, 0.6) is 17.2 Å². The van der Waals surface area contributed by atoms with Crippen molar-refractivity contribution >= 4 is 29.7 Å². The summed E-state index contributed by atoms with van der Waals surface area (Å²) in [4.78, 5) is 48.6. The smallest absolute Gasteiger partial charge is 0.375 e. The molecule has 342 valence electrons. The first-order chi connectivity index (χ1) is 31.1. The number of carbonyl (C=O) groups is 3. The van der Waals surface area contributed by atoms with E-state index in [1.165, 1.54) is 0 Å². The van der Waals surface area contributed by atoms with Crippen LogP contribution < -0.4 is 24.8 Å². The molecule has 2 saturated carbocycles. The minimum atomic E-state index is -1.29. The third-order valence-corrected chi connectivity index (χ3v) is 14.7. The number of benzene rings is 2. The number of rotatable bonds is 13. The van der Waals surface area contributed by atoms with Gasteiger partial charge in [-0.3, -0.25) is 14.6 Å². The van der Waals surface area contributed by atoms with Gasteiger partial charge in [0.2, 0.25) is 5.76 Å². The minimum absolute atomic E-state index is 0.0122. The number of hydrogen-bond donors (Lipinski definition) is 4. The van der Waals surface area contributed by atoms with Gasteiger partial charge < -0.3 is 49.0 Å². The standard InChI is InChI=1S/C50H60N2O12/c1-3-61-49(58)48-37(26-54)42(31-20-32(25-53)44(57)35(21-31)28-10-11-40-29(19-28)12-15-51-40)43-46(62-34-9-4-8-33(56)22-34)36-23-41(63-45(36)38(27-55)47(43)64-48)50(59)14-5-7-30-24-52(16-6-18-60-2)17-13-39(30)50/h5,7,10-12,19,26,30,32-35,39,41,53,55-56,59H,3-4,6,8-9,13-18,20-25,27H2,1-2H3. The molecule has 0 spiro atoms. The highest BCUT2D eigenvalue weighted by Gasteiger charge is 2.54. The van der Waals surface area contributed by atoms with E-state index in [0.717, 1.165) is 48.6 Å². The molecule has 3 fully saturated rings. The Morgan fingerprint density at radius 2 is 1.98 bits per heavy atom. The van der Waals surface area contributed by atoms with Gasteiger partial charge in [0.1, 0.15) is 40.8 Å². The quantitative estimate of drug-likeness (QED) is 0.0994. The van der Waals surface area contributed by atoms with E-state index in [0.29, 0.717) is 79.6 Å². The highest BCUT2D eigenvalue weighted by molar-refractivity contribution is 6.11. The fourth-order valence-electron chi connectivity index (χ4n) is 11.6. The van der Waals surface area contributed by atoms with Crippen molar-refractivity contribution in [1.82, 2.24) is 4.90 Å². The molecule has 0 aromatic heterocycles. The van der Waals surface area contributed by atoms with Crippen molar-refractivity contribution in [3.05, 3.63) is 80.1 Å². The van der Waals surface area contributed by atoms with Crippen LogP contribution in [-0.4, -0.2) is 120 Å². The Balaban J connectivity index is 1.21. The maximum atomic E-state index is 14.2. The first-order valence-corrected chi connectivity index (χ1v) is 23.1. The highest BCUT2D eigenvalue weighted by Crippen LogP contribution is 2.58. The summed E-state index contributed by atoms with van der Waals surface area (Å²) in [6.45, 7) is 4.32. The molecule has 4 aliphatic heterocycles. The Morgan fingerprint density at radius 3 is 2.75 bits per heavy atom. The Morgan fingerprint density at radius 1 is 1.12 bits per heavy atom. The fourth-order valence-corrected chi connectivity index (χ4v) is 11.6. The Hall–Kier alpha value is -4.70. The Kier molecular flexibility index (Phi) is 13.0. The van der Waals surface area contributed by atoms with Gasteiger partial charge in [0.25, 0.3) is 0 Å². The van der Waals surface area contributed by atoms with Crippen molar-refractivity contribution in [1.29, 1.82) is 0 Å². The summed E-state index contributed by atoms with van der Waals surface area (Å²) >= 11 is 0. The number of carbonyl (C=O) groups excluding carboxylic acids is 3. The van der Waals surface area contributed by atoms with Gasteiger partial charge in [0, 0.05) is 68.5 Å². The second kappa shape index (κ2) is 18.7. The number of aliphatic hydroxyl groups is 4. The van der Waals surface area contributed by atoms with E-state index in [1.807, 2.05) is 30.4 Å². The van der Waals surface area contributed by atoms with E-state index in [-0.39, 0.29) is 71.9 Å². The molecule has 9 rings (SSSR count). The number of piperidine rings is 1. The summed E-state index contributed by atoms with van der Waals surface area (Å²) < 4.78 is 31.2. The van der Waals surface area contributed by atoms with Crippen molar-refractivity contribution in [2.45, 2.75) is 108 Å². The number of allylic oxidation sites excluding steroid dienone is 3. The molecule has 4 heterocycles. The van der Waals surface area contributed by atoms with Crippen LogP contribution in [0.25, 0.3) is 11.6 Å². The van der Waals surface area contributed by atoms with E-state index in [1.54, 1.807) is 14.0 Å². The number of ether oxygens (including phenoxy) is 5. The number of methoxy groups -OCH3 is 1. The SMILES string of the molecule is CCOC(=O)C1=C(C=O)C(=C2CC(CO)C(=O)C(c3ccc4c(c3)=CCN=4)C2)c2c(c(CO)c3c(c2OC2CCCC(O)C2)CC(C2(O)CC=CC4CN(CCCOC)CCC42)O3)O1. The lowest BCUT2D eigenvalue weighted by Gasteiger charge is -2.49. The van der Waals surface area contributed by atoms with Crippen LogP contribution in [0.2, 0.25) is 0 Å². The monoisotopic (exact) mass is 880 g/mol. The number of ketones is 1. The molecule has 7 aliphatic rings. The molecule has 3 aliphatic carbocycles. The van der Waals surface area contributed by atoms with Crippen LogP contribution >= 0.6 is 0 Å². The molecule has 0 bridgehead atoms. The molecule has 1 saturated heterocycles. The second-order valence-corrected chi connectivity index (χ2v) is 18.4. The highest BCUT2D eigenvalue weighted by atomic mass is 16.6. The maximum Gasteiger partial charge on any atom is 0.375 e. The van der Waals surface area contributed by atoms with Crippen LogP contribution in [0.1, 0.15) is 92.9 Å². The lowest BCUT2D eigenvalue weighted by Crippen LogP contribution is -2.58. The number of hydrogen-bond acceptors (Lipinski definition) is 14. The molecule has 0 amide bonds. The van der Waals surface area contributed by atoms with E-state index < -0.39 is 54.9 Å². The molecular weight excluding hydrogens is 821 g/mol.